The van der Waals surface area contributed by atoms with Crippen molar-refractivity contribution in [3.63, 3.8) is 0 Å². The summed E-state index contributed by atoms with van der Waals surface area (Å²) >= 11 is 0. The Balaban J connectivity index is 2.32. The number of nitrogens with zero attached hydrogens (tertiary/aromatic N) is 2. The Morgan fingerprint density at radius 2 is 1.60 bits per heavy atom. The van der Waals surface area contributed by atoms with E-state index >= 15 is 0 Å². The first-order chi connectivity index (χ1) is 16.5. The molecular weight excluding hydrogens is 466 g/mol. The number of methoxy groups -OCH3 is 1. The fourth-order valence-corrected chi connectivity index (χ4v) is 4.67. The van der Waals surface area contributed by atoms with E-state index in [0.29, 0.717) is 12.2 Å². The van der Waals surface area contributed by atoms with E-state index in [1.165, 1.54) is 24.1 Å². The molecule has 2 aromatic carbocycles. The fraction of sp³-hybridized carbons (Fsp3) is 0.462. The van der Waals surface area contributed by atoms with Crippen LogP contribution in [0.4, 0.5) is 0 Å². The van der Waals surface area contributed by atoms with Crippen LogP contribution in [0.15, 0.2) is 53.4 Å². The third-order valence-electron chi connectivity index (χ3n) is 5.99. The van der Waals surface area contributed by atoms with Crippen LogP contribution >= 0.6 is 0 Å². The molecule has 0 saturated heterocycles. The van der Waals surface area contributed by atoms with E-state index in [1.807, 2.05) is 39.8 Å². The summed E-state index contributed by atoms with van der Waals surface area (Å²) in [6.45, 7) is 7.35. The molecule has 0 bridgehead atoms. The van der Waals surface area contributed by atoms with E-state index in [4.69, 9.17) is 4.74 Å². The average molecular weight is 504 g/mol. The molecule has 0 fully saturated rings. The summed E-state index contributed by atoms with van der Waals surface area (Å²) in [5, 5.41) is 2.95. The van der Waals surface area contributed by atoms with Gasteiger partial charge in [0.25, 0.3) is 0 Å². The van der Waals surface area contributed by atoms with Crippen molar-refractivity contribution in [3.05, 3.63) is 59.7 Å². The molecular formula is C26H37N3O5S. The van der Waals surface area contributed by atoms with Crippen molar-refractivity contribution in [2.24, 2.45) is 0 Å². The van der Waals surface area contributed by atoms with Crippen molar-refractivity contribution < 1.29 is 22.7 Å². The molecule has 8 nitrogen and oxygen atoms in total. The highest BCUT2D eigenvalue weighted by atomic mass is 32.2. The minimum atomic E-state index is -3.87. The van der Waals surface area contributed by atoms with Crippen LogP contribution in [0.25, 0.3) is 0 Å². The molecule has 2 atom stereocenters. The maximum atomic E-state index is 13.5. The number of benzene rings is 2. The number of hydrogen-bond acceptors (Lipinski definition) is 5. The van der Waals surface area contributed by atoms with Gasteiger partial charge in [0, 0.05) is 19.6 Å². The first kappa shape index (κ1) is 28.3. The van der Waals surface area contributed by atoms with Crippen LogP contribution in [0.2, 0.25) is 0 Å². The number of likely N-dealkylation sites (N-methyl/N-ethyl adjacent to an activating group) is 1. The number of carbonyl (C=O) groups is 2. The fourth-order valence-electron chi connectivity index (χ4n) is 3.54. The quantitative estimate of drug-likeness (QED) is 0.479. The van der Waals surface area contributed by atoms with Crippen molar-refractivity contribution in [1.29, 1.82) is 0 Å². The van der Waals surface area contributed by atoms with Crippen LogP contribution in [0.5, 0.6) is 5.75 Å². The number of sulfonamides is 1. The van der Waals surface area contributed by atoms with Gasteiger partial charge in [0.1, 0.15) is 11.8 Å². The van der Waals surface area contributed by atoms with Gasteiger partial charge in [0.05, 0.1) is 18.6 Å². The third kappa shape index (κ3) is 7.53. The number of hydrogen-bond donors (Lipinski definition) is 1. The lowest BCUT2D eigenvalue weighted by atomic mass is 10.1. The molecule has 0 saturated carbocycles. The highest BCUT2D eigenvalue weighted by Crippen LogP contribution is 2.19. The van der Waals surface area contributed by atoms with Gasteiger partial charge >= 0.3 is 0 Å². The standard InChI is InChI=1S/C26H37N3O5S/c1-7-20(4)27-26(31)24(8-2)29(17-21-11-13-22(34-6)14-12-21)25(30)18-28(5)35(32,33)23-15-9-19(3)10-16-23/h9-16,20,24H,7-8,17-18H2,1-6H3,(H,27,31)/t20-,24-/m1/s1. The maximum absolute atomic E-state index is 13.5. The highest BCUT2D eigenvalue weighted by molar-refractivity contribution is 7.89. The van der Waals surface area contributed by atoms with Crippen molar-refractivity contribution >= 4 is 21.8 Å². The minimum absolute atomic E-state index is 0.0425. The molecule has 0 radical (unpaired) electrons. The van der Waals surface area contributed by atoms with Gasteiger partial charge in [0.2, 0.25) is 21.8 Å². The molecule has 35 heavy (non-hydrogen) atoms. The van der Waals surface area contributed by atoms with E-state index in [1.54, 1.807) is 31.4 Å². The second-order valence-corrected chi connectivity index (χ2v) is 10.7. The van der Waals surface area contributed by atoms with Gasteiger partial charge < -0.3 is 15.0 Å². The summed E-state index contributed by atoms with van der Waals surface area (Å²) in [5.41, 5.74) is 1.74. The monoisotopic (exact) mass is 503 g/mol. The summed E-state index contributed by atoms with van der Waals surface area (Å²) in [5.74, 6) is -0.0324. The summed E-state index contributed by atoms with van der Waals surface area (Å²) < 4.78 is 32.3. The van der Waals surface area contributed by atoms with Gasteiger partial charge in [-0.05, 0) is 56.5 Å². The molecule has 1 N–H and O–H groups in total. The number of aryl methyl sites for hydroxylation is 1. The van der Waals surface area contributed by atoms with Gasteiger partial charge in [0.15, 0.2) is 0 Å². The summed E-state index contributed by atoms with van der Waals surface area (Å²) in [4.78, 5) is 28.1. The van der Waals surface area contributed by atoms with E-state index in [-0.39, 0.29) is 29.9 Å². The lowest BCUT2D eigenvalue weighted by Gasteiger charge is -2.32. The van der Waals surface area contributed by atoms with Crippen LogP contribution in [-0.2, 0) is 26.2 Å². The van der Waals surface area contributed by atoms with Crippen molar-refractivity contribution in [2.75, 3.05) is 20.7 Å². The molecule has 0 aliphatic rings. The molecule has 0 heterocycles. The topological polar surface area (TPSA) is 96.0 Å². The second-order valence-electron chi connectivity index (χ2n) is 8.69. The van der Waals surface area contributed by atoms with E-state index < -0.39 is 22.0 Å². The van der Waals surface area contributed by atoms with Gasteiger partial charge in [-0.15, -0.1) is 0 Å². The Morgan fingerprint density at radius 1 is 1.00 bits per heavy atom. The smallest absolute Gasteiger partial charge is 0.243 e. The van der Waals surface area contributed by atoms with E-state index in [0.717, 1.165) is 21.9 Å². The SMILES string of the molecule is CC[C@@H](C)NC(=O)[C@@H](CC)N(Cc1ccc(OC)cc1)C(=O)CN(C)S(=O)(=O)c1ccc(C)cc1. The van der Waals surface area contributed by atoms with E-state index in [2.05, 4.69) is 5.32 Å². The van der Waals surface area contributed by atoms with Crippen LogP contribution in [-0.4, -0.2) is 62.2 Å². The van der Waals surface area contributed by atoms with Gasteiger partial charge in [-0.2, -0.15) is 4.31 Å². The van der Waals surface area contributed by atoms with Gasteiger partial charge in [-0.3, -0.25) is 9.59 Å². The third-order valence-corrected chi connectivity index (χ3v) is 7.80. The normalized spacial score (nSPS) is 13.2. The molecule has 0 aliphatic carbocycles. The molecule has 0 aliphatic heterocycles. The Morgan fingerprint density at radius 3 is 2.11 bits per heavy atom. The predicted molar refractivity (Wildman–Crippen MR) is 137 cm³/mol. The zero-order valence-electron chi connectivity index (χ0n) is 21.4. The molecule has 2 rings (SSSR count). The predicted octanol–water partition coefficient (Wildman–Crippen LogP) is 3.35. The first-order valence-corrected chi connectivity index (χ1v) is 13.2. The number of rotatable bonds is 12. The molecule has 192 valence electrons. The highest BCUT2D eigenvalue weighted by Gasteiger charge is 2.32. The van der Waals surface area contributed by atoms with Crippen molar-refractivity contribution in [2.45, 2.75) is 64.1 Å². The van der Waals surface area contributed by atoms with Gasteiger partial charge in [-0.25, -0.2) is 8.42 Å². The summed E-state index contributed by atoms with van der Waals surface area (Å²) in [7, 11) is -0.928. The Hall–Kier alpha value is -2.91. The lowest BCUT2D eigenvalue weighted by Crippen LogP contribution is -2.53. The molecule has 0 aromatic heterocycles. The average Bonchev–Trinajstić information content (AvgIpc) is 2.84. The number of amides is 2. The molecule has 9 heteroatoms. The number of ether oxygens (including phenoxy) is 1. The lowest BCUT2D eigenvalue weighted by molar-refractivity contribution is -0.141. The van der Waals surface area contributed by atoms with Gasteiger partial charge in [-0.1, -0.05) is 43.7 Å². The van der Waals surface area contributed by atoms with Crippen LogP contribution < -0.4 is 10.1 Å². The zero-order valence-corrected chi connectivity index (χ0v) is 22.3. The molecule has 0 spiro atoms. The Bertz CT molecular complexity index is 1080. The second kappa shape index (κ2) is 12.7. The zero-order chi connectivity index (χ0) is 26.2. The summed E-state index contributed by atoms with van der Waals surface area (Å²) in [6.07, 6.45) is 1.14. The van der Waals surface area contributed by atoms with Crippen LogP contribution in [0, 0.1) is 6.92 Å². The van der Waals surface area contributed by atoms with E-state index in [9.17, 15) is 18.0 Å². The summed E-state index contributed by atoms with van der Waals surface area (Å²) in [6, 6.07) is 12.9. The molecule has 2 aromatic rings. The van der Waals surface area contributed by atoms with Crippen LogP contribution in [0.1, 0.15) is 44.7 Å². The molecule has 0 unspecified atom stereocenters. The number of nitrogens with one attached hydrogen (secondary N) is 1. The number of carbonyl (C=O) groups excluding carboxylic acids is 2. The Labute approximate surface area is 209 Å². The largest absolute Gasteiger partial charge is 0.497 e. The maximum Gasteiger partial charge on any atom is 0.243 e. The van der Waals surface area contributed by atoms with Crippen molar-refractivity contribution in [3.8, 4) is 5.75 Å². The van der Waals surface area contributed by atoms with Crippen molar-refractivity contribution in [1.82, 2.24) is 14.5 Å². The van der Waals surface area contributed by atoms with Crippen LogP contribution in [0.3, 0.4) is 0 Å². The Kier molecular flexibility index (Phi) is 10.3. The first-order valence-electron chi connectivity index (χ1n) is 11.8. The minimum Gasteiger partial charge on any atom is -0.497 e. The molecule has 2 amide bonds.